The summed E-state index contributed by atoms with van der Waals surface area (Å²) in [6.07, 6.45) is 3.81. The lowest BCUT2D eigenvalue weighted by atomic mass is 9.90. The predicted molar refractivity (Wildman–Crippen MR) is 85.6 cm³/mol. The summed E-state index contributed by atoms with van der Waals surface area (Å²) in [4.78, 5) is 0. The van der Waals surface area contributed by atoms with Gasteiger partial charge in [-0.15, -0.1) is 0 Å². The van der Waals surface area contributed by atoms with E-state index < -0.39 is 0 Å². The van der Waals surface area contributed by atoms with Crippen LogP contribution in [0.5, 0.6) is 0 Å². The minimum Gasteiger partial charge on any atom is -0.310 e. The van der Waals surface area contributed by atoms with Crippen molar-refractivity contribution in [3.05, 3.63) is 35.4 Å². The van der Waals surface area contributed by atoms with E-state index in [0.717, 1.165) is 12.5 Å². The van der Waals surface area contributed by atoms with Crippen molar-refractivity contribution in [2.75, 3.05) is 6.54 Å². The fraction of sp³-hybridized carbons (Fsp3) is 0.667. The molecule has 1 nitrogen and oxygen atoms in total. The van der Waals surface area contributed by atoms with E-state index >= 15 is 0 Å². The van der Waals surface area contributed by atoms with Gasteiger partial charge in [-0.25, -0.2) is 0 Å². The molecular formula is C18H31N. The van der Waals surface area contributed by atoms with Crippen LogP contribution in [0.4, 0.5) is 0 Å². The molecule has 1 aromatic carbocycles. The Morgan fingerprint density at radius 1 is 0.895 bits per heavy atom. The summed E-state index contributed by atoms with van der Waals surface area (Å²) in [5, 5.41) is 3.65. The van der Waals surface area contributed by atoms with E-state index in [-0.39, 0.29) is 0 Å². The molecule has 1 rings (SSSR count). The van der Waals surface area contributed by atoms with Crippen LogP contribution < -0.4 is 5.32 Å². The molecule has 0 aromatic heterocycles. The summed E-state index contributed by atoms with van der Waals surface area (Å²) in [5.41, 5.74) is 2.87. The minimum absolute atomic E-state index is 0.510. The maximum atomic E-state index is 3.65. The fourth-order valence-corrected chi connectivity index (χ4v) is 2.65. The molecule has 0 saturated heterocycles. The fourth-order valence-electron chi connectivity index (χ4n) is 2.65. The lowest BCUT2D eigenvalue weighted by Gasteiger charge is -2.23. The molecule has 0 fully saturated rings. The zero-order valence-electron chi connectivity index (χ0n) is 13.4. The second-order valence-corrected chi connectivity index (χ2v) is 5.85. The van der Waals surface area contributed by atoms with E-state index in [1.165, 1.54) is 30.4 Å². The highest BCUT2D eigenvalue weighted by Gasteiger charge is 2.15. The summed E-state index contributed by atoms with van der Waals surface area (Å²) in [6.45, 7) is 12.3. The average Bonchev–Trinajstić information content (AvgIpc) is 2.43. The first-order valence-electron chi connectivity index (χ1n) is 7.95. The molecule has 19 heavy (non-hydrogen) atoms. The van der Waals surface area contributed by atoms with Crippen molar-refractivity contribution in [3.63, 3.8) is 0 Å². The Balaban J connectivity index is 2.80. The van der Waals surface area contributed by atoms with Gasteiger partial charge in [0.2, 0.25) is 0 Å². The summed E-state index contributed by atoms with van der Waals surface area (Å²) in [5.74, 6) is 1.44. The molecule has 0 amide bonds. The summed E-state index contributed by atoms with van der Waals surface area (Å²) in [7, 11) is 0. The average molecular weight is 261 g/mol. The van der Waals surface area contributed by atoms with Crippen molar-refractivity contribution in [2.45, 2.75) is 65.8 Å². The normalized spacial score (nSPS) is 13.2. The molecule has 1 atom stereocenters. The zero-order valence-corrected chi connectivity index (χ0v) is 13.4. The molecule has 1 unspecified atom stereocenters. The Kier molecular flexibility index (Phi) is 7.15. The monoisotopic (exact) mass is 261 g/mol. The maximum Gasteiger partial charge on any atom is 0.0322 e. The molecule has 0 aliphatic heterocycles. The second-order valence-electron chi connectivity index (χ2n) is 5.85. The quantitative estimate of drug-likeness (QED) is 0.670. The van der Waals surface area contributed by atoms with Crippen molar-refractivity contribution in [1.29, 1.82) is 0 Å². The second kappa shape index (κ2) is 8.37. The van der Waals surface area contributed by atoms with Gasteiger partial charge in [0.1, 0.15) is 0 Å². The maximum absolute atomic E-state index is 3.65. The van der Waals surface area contributed by atoms with Gasteiger partial charge < -0.3 is 5.32 Å². The van der Waals surface area contributed by atoms with Gasteiger partial charge in [-0.3, -0.25) is 0 Å². The van der Waals surface area contributed by atoms with Crippen LogP contribution in [0.25, 0.3) is 0 Å². The van der Waals surface area contributed by atoms with Crippen LogP contribution in [-0.2, 0) is 0 Å². The third-order valence-corrected chi connectivity index (χ3v) is 4.18. The summed E-state index contributed by atoms with van der Waals surface area (Å²) in [6, 6.07) is 9.71. The van der Waals surface area contributed by atoms with E-state index in [4.69, 9.17) is 0 Å². The highest BCUT2D eigenvalue weighted by molar-refractivity contribution is 5.27. The third-order valence-electron chi connectivity index (χ3n) is 4.18. The highest BCUT2D eigenvalue weighted by atomic mass is 14.9. The van der Waals surface area contributed by atoms with Gasteiger partial charge in [-0.05, 0) is 35.9 Å². The lowest BCUT2D eigenvalue weighted by molar-refractivity contribution is 0.375. The van der Waals surface area contributed by atoms with Crippen LogP contribution >= 0.6 is 0 Å². The van der Waals surface area contributed by atoms with Crippen LogP contribution in [0.2, 0.25) is 0 Å². The molecule has 0 heterocycles. The molecule has 0 bridgehead atoms. The largest absolute Gasteiger partial charge is 0.310 e. The topological polar surface area (TPSA) is 12.0 Å². The molecule has 1 heteroatoms. The minimum atomic E-state index is 0.510. The van der Waals surface area contributed by atoms with Gasteiger partial charge in [0.25, 0.3) is 0 Å². The number of hydrogen-bond acceptors (Lipinski definition) is 1. The molecule has 0 radical (unpaired) electrons. The molecule has 0 saturated carbocycles. The highest BCUT2D eigenvalue weighted by Crippen LogP contribution is 2.26. The van der Waals surface area contributed by atoms with Crippen molar-refractivity contribution >= 4 is 0 Å². The van der Waals surface area contributed by atoms with Crippen molar-refractivity contribution in [1.82, 2.24) is 5.32 Å². The van der Waals surface area contributed by atoms with Crippen LogP contribution in [0.1, 0.15) is 77.0 Å². The van der Waals surface area contributed by atoms with Gasteiger partial charge in [-0.2, -0.15) is 0 Å². The summed E-state index contributed by atoms with van der Waals surface area (Å²) >= 11 is 0. The van der Waals surface area contributed by atoms with Crippen molar-refractivity contribution in [2.24, 2.45) is 5.92 Å². The first-order chi connectivity index (χ1) is 9.12. The SMILES string of the molecule is CCNC(CC(CC)CC)c1ccc(C(C)C)cc1. The van der Waals surface area contributed by atoms with Crippen LogP contribution in [0.15, 0.2) is 24.3 Å². The van der Waals surface area contributed by atoms with E-state index in [2.05, 4.69) is 64.2 Å². The molecule has 1 N–H and O–H groups in total. The van der Waals surface area contributed by atoms with E-state index in [1.54, 1.807) is 0 Å². The van der Waals surface area contributed by atoms with Gasteiger partial charge in [0.05, 0.1) is 0 Å². The van der Waals surface area contributed by atoms with Crippen LogP contribution in [0.3, 0.4) is 0 Å². The molecule has 1 aromatic rings. The molecule has 108 valence electrons. The number of hydrogen-bond donors (Lipinski definition) is 1. The Hall–Kier alpha value is -0.820. The molecular weight excluding hydrogens is 230 g/mol. The standard InChI is InChI=1S/C18H31N/c1-6-15(7-2)13-18(19-8-3)17-11-9-16(10-12-17)14(4)5/h9-12,14-15,18-19H,6-8,13H2,1-5H3. The Morgan fingerprint density at radius 3 is 1.84 bits per heavy atom. The van der Waals surface area contributed by atoms with Gasteiger partial charge in [0, 0.05) is 6.04 Å². The molecule has 0 aliphatic carbocycles. The zero-order chi connectivity index (χ0) is 14.3. The lowest BCUT2D eigenvalue weighted by Crippen LogP contribution is -2.23. The van der Waals surface area contributed by atoms with Crippen LogP contribution in [-0.4, -0.2) is 6.54 Å². The predicted octanol–water partition coefficient (Wildman–Crippen LogP) is 5.29. The van der Waals surface area contributed by atoms with Crippen molar-refractivity contribution < 1.29 is 0 Å². The third kappa shape index (κ3) is 4.99. The Morgan fingerprint density at radius 2 is 1.42 bits per heavy atom. The van der Waals surface area contributed by atoms with E-state index in [1.807, 2.05) is 0 Å². The number of nitrogens with one attached hydrogen (secondary N) is 1. The number of rotatable bonds is 8. The van der Waals surface area contributed by atoms with Crippen LogP contribution in [0, 0.1) is 5.92 Å². The summed E-state index contributed by atoms with van der Waals surface area (Å²) < 4.78 is 0. The molecule has 0 aliphatic rings. The number of benzene rings is 1. The Labute approximate surface area is 119 Å². The first-order valence-corrected chi connectivity index (χ1v) is 7.95. The van der Waals surface area contributed by atoms with E-state index in [0.29, 0.717) is 12.0 Å². The van der Waals surface area contributed by atoms with E-state index in [9.17, 15) is 0 Å². The first kappa shape index (κ1) is 16.2. The van der Waals surface area contributed by atoms with Gasteiger partial charge >= 0.3 is 0 Å². The van der Waals surface area contributed by atoms with Gasteiger partial charge in [-0.1, -0.05) is 71.7 Å². The Bertz CT molecular complexity index is 335. The van der Waals surface area contributed by atoms with Crippen molar-refractivity contribution in [3.8, 4) is 0 Å². The molecule has 0 spiro atoms. The van der Waals surface area contributed by atoms with Gasteiger partial charge in [0.15, 0.2) is 0 Å². The smallest absolute Gasteiger partial charge is 0.0322 e.